The Labute approximate surface area is 146 Å². The van der Waals surface area contributed by atoms with Crippen LogP contribution in [-0.2, 0) is 27.9 Å². The van der Waals surface area contributed by atoms with Crippen molar-refractivity contribution in [2.75, 3.05) is 12.4 Å². The smallest absolute Gasteiger partial charge is 0.338 e. The number of methoxy groups -OCH3 is 1. The lowest BCUT2D eigenvalue weighted by atomic mass is 10.1. The van der Waals surface area contributed by atoms with Gasteiger partial charge in [-0.15, -0.1) is 0 Å². The van der Waals surface area contributed by atoms with Crippen molar-refractivity contribution in [1.82, 2.24) is 9.78 Å². The second-order valence-electron chi connectivity index (χ2n) is 5.84. The maximum Gasteiger partial charge on any atom is 0.338 e. The van der Waals surface area contributed by atoms with Crippen molar-refractivity contribution in [2.45, 2.75) is 33.5 Å². The molecule has 1 aromatic carbocycles. The fourth-order valence-corrected chi connectivity index (χ4v) is 2.42. The fraction of sp³-hybridized carbons (Fsp3) is 0.389. The molecule has 2 aromatic rings. The molecule has 0 aliphatic heterocycles. The average Bonchev–Trinajstić information content (AvgIpc) is 2.81. The van der Waals surface area contributed by atoms with Crippen LogP contribution in [0.4, 0.5) is 5.69 Å². The van der Waals surface area contributed by atoms with E-state index in [0.29, 0.717) is 23.6 Å². The van der Waals surface area contributed by atoms with Gasteiger partial charge in [0.25, 0.3) is 5.91 Å². The Hall–Kier alpha value is -2.67. The highest BCUT2D eigenvalue weighted by atomic mass is 16.5. The maximum atomic E-state index is 12.3. The predicted octanol–water partition coefficient (Wildman–Crippen LogP) is 2.37. The Kier molecular flexibility index (Phi) is 5.93. The molecule has 7 nitrogen and oxygen atoms in total. The summed E-state index contributed by atoms with van der Waals surface area (Å²) in [7, 11) is 3.38. The normalized spacial score (nSPS) is 11.9. The summed E-state index contributed by atoms with van der Waals surface area (Å²) in [6.45, 7) is 5.60. The number of aryl methyl sites for hydroxylation is 2. The molecule has 2 rings (SSSR count). The topological polar surface area (TPSA) is 82.4 Å². The largest absolute Gasteiger partial charge is 0.449 e. The van der Waals surface area contributed by atoms with Crippen molar-refractivity contribution in [2.24, 2.45) is 7.05 Å². The zero-order chi connectivity index (χ0) is 18.6. The lowest BCUT2D eigenvalue weighted by Crippen LogP contribution is -2.30. The first-order valence-electron chi connectivity index (χ1n) is 7.93. The van der Waals surface area contributed by atoms with E-state index in [1.54, 1.807) is 44.0 Å². The molecular formula is C18H23N3O4. The van der Waals surface area contributed by atoms with Gasteiger partial charge in [-0.2, -0.15) is 5.10 Å². The lowest BCUT2D eigenvalue weighted by Gasteiger charge is -2.14. The summed E-state index contributed by atoms with van der Waals surface area (Å²) in [5, 5.41) is 7.01. The molecular weight excluding hydrogens is 322 g/mol. The number of anilines is 1. The summed E-state index contributed by atoms with van der Waals surface area (Å²) >= 11 is 0. The number of amides is 1. The Morgan fingerprint density at radius 3 is 2.64 bits per heavy atom. The van der Waals surface area contributed by atoms with Gasteiger partial charge in [0.2, 0.25) is 0 Å². The van der Waals surface area contributed by atoms with Gasteiger partial charge in [-0.25, -0.2) is 4.79 Å². The number of carbonyl (C=O) groups is 2. The molecule has 1 aromatic heterocycles. The van der Waals surface area contributed by atoms with Crippen LogP contribution in [0.25, 0.3) is 0 Å². The Balaban J connectivity index is 2.03. The van der Waals surface area contributed by atoms with E-state index in [2.05, 4.69) is 10.4 Å². The van der Waals surface area contributed by atoms with Crippen molar-refractivity contribution < 1.29 is 19.1 Å². The fourth-order valence-electron chi connectivity index (χ4n) is 2.42. The average molecular weight is 345 g/mol. The summed E-state index contributed by atoms with van der Waals surface area (Å²) in [6.07, 6.45) is -0.933. The first-order valence-corrected chi connectivity index (χ1v) is 7.93. The Morgan fingerprint density at radius 1 is 1.32 bits per heavy atom. The summed E-state index contributed by atoms with van der Waals surface area (Å²) in [5.74, 6) is -0.958. The summed E-state index contributed by atoms with van der Waals surface area (Å²) in [6, 6.07) is 6.93. The molecule has 1 unspecified atom stereocenters. The minimum Gasteiger partial charge on any atom is -0.449 e. The van der Waals surface area contributed by atoms with Crippen molar-refractivity contribution in [3.05, 3.63) is 46.8 Å². The number of esters is 1. The first-order chi connectivity index (χ1) is 11.8. The van der Waals surface area contributed by atoms with Crippen LogP contribution in [0.3, 0.4) is 0 Å². The van der Waals surface area contributed by atoms with Gasteiger partial charge in [-0.05, 0) is 38.5 Å². The van der Waals surface area contributed by atoms with Gasteiger partial charge >= 0.3 is 5.97 Å². The van der Waals surface area contributed by atoms with E-state index in [1.165, 1.54) is 6.92 Å². The molecule has 0 aliphatic rings. The van der Waals surface area contributed by atoms with Crippen molar-refractivity contribution in [1.29, 1.82) is 0 Å². The third kappa shape index (κ3) is 4.45. The van der Waals surface area contributed by atoms with Crippen molar-refractivity contribution >= 4 is 17.6 Å². The molecule has 7 heteroatoms. The highest BCUT2D eigenvalue weighted by molar-refractivity contribution is 5.98. The number of nitrogens with zero attached hydrogens (tertiary/aromatic N) is 2. The molecule has 134 valence electrons. The van der Waals surface area contributed by atoms with E-state index in [1.807, 2.05) is 13.0 Å². The number of ether oxygens (including phenoxy) is 2. The van der Waals surface area contributed by atoms with Gasteiger partial charge in [0.1, 0.15) is 0 Å². The highest BCUT2D eigenvalue weighted by Gasteiger charge is 2.21. The van der Waals surface area contributed by atoms with Crippen molar-refractivity contribution in [3.8, 4) is 0 Å². The molecule has 1 N–H and O–H groups in total. The summed E-state index contributed by atoms with van der Waals surface area (Å²) < 4.78 is 12.0. The molecule has 0 spiro atoms. The van der Waals surface area contributed by atoms with E-state index in [0.717, 1.165) is 11.3 Å². The summed E-state index contributed by atoms with van der Waals surface area (Å²) in [4.78, 5) is 24.6. The molecule has 0 aliphatic carbocycles. The monoisotopic (exact) mass is 345 g/mol. The third-order valence-electron chi connectivity index (χ3n) is 3.88. The zero-order valence-electron chi connectivity index (χ0n) is 15.1. The van der Waals surface area contributed by atoms with Crippen LogP contribution in [-0.4, -0.2) is 34.9 Å². The van der Waals surface area contributed by atoms with Gasteiger partial charge < -0.3 is 14.8 Å². The van der Waals surface area contributed by atoms with E-state index in [4.69, 9.17) is 9.47 Å². The van der Waals surface area contributed by atoms with E-state index in [9.17, 15) is 9.59 Å². The first kappa shape index (κ1) is 18.7. The van der Waals surface area contributed by atoms with Gasteiger partial charge in [-0.1, -0.05) is 12.1 Å². The number of benzene rings is 1. The highest BCUT2D eigenvalue weighted by Crippen LogP contribution is 2.19. The SMILES string of the molecule is COCc1cccc(C(=O)OC(C)C(=O)Nc2c(C)nn(C)c2C)c1. The molecule has 0 radical (unpaired) electrons. The van der Waals surface area contributed by atoms with E-state index >= 15 is 0 Å². The molecule has 0 bridgehead atoms. The Morgan fingerprint density at radius 2 is 2.04 bits per heavy atom. The third-order valence-corrected chi connectivity index (χ3v) is 3.88. The van der Waals surface area contributed by atoms with Crippen LogP contribution in [0.15, 0.2) is 24.3 Å². The Bertz CT molecular complexity index is 783. The predicted molar refractivity (Wildman–Crippen MR) is 93.3 cm³/mol. The van der Waals surface area contributed by atoms with Crippen LogP contribution >= 0.6 is 0 Å². The van der Waals surface area contributed by atoms with Gasteiger partial charge in [0.05, 0.1) is 29.2 Å². The maximum absolute atomic E-state index is 12.3. The van der Waals surface area contributed by atoms with Crippen LogP contribution < -0.4 is 5.32 Å². The van der Waals surface area contributed by atoms with Crippen LogP contribution in [0.5, 0.6) is 0 Å². The number of hydrogen-bond donors (Lipinski definition) is 1. The molecule has 1 amide bonds. The molecule has 0 saturated carbocycles. The number of rotatable bonds is 6. The van der Waals surface area contributed by atoms with Gasteiger partial charge in [-0.3, -0.25) is 9.48 Å². The quantitative estimate of drug-likeness (QED) is 0.813. The standard InChI is InChI=1S/C18H23N3O4/c1-11-16(12(2)21(4)20-11)19-17(22)13(3)25-18(23)15-8-6-7-14(9-15)10-24-5/h6-9,13H,10H2,1-5H3,(H,19,22). The van der Waals surface area contributed by atoms with Crippen LogP contribution in [0.2, 0.25) is 0 Å². The van der Waals surface area contributed by atoms with E-state index < -0.39 is 18.0 Å². The van der Waals surface area contributed by atoms with Gasteiger partial charge in [0, 0.05) is 14.2 Å². The number of hydrogen-bond acceptors (Lipinski definition) is 5. The second-order valence-corrected chi connectivity index (χ2v) is 5.84. The number of nitrogens with one attached hydrogen (secondary N) is 1. The second kappa shape index (κ2) is 7.94. The molecule has 25 heavy (non-hydrogen) atoms. The van der Waals surface area contributed by atoms with Gasteiger partial charge in [0.15, 0.2) is 6.10 Å². The van der Waals surface area contributed by atoms with Crippen LogP contribution in [0.1, 0.15) is 34.2 Å². The molecule has 0 fully saturated rings. The minimum absolute atomic E-state index is 0.378. The molecule has 0 saturated heterocycles. The molecule has 1 atom stereocenters. The van der Waals surface area contributed by atoms with Crippen molar-refractivity contribution in [3.63, 3.8) is 0 Å². The lowest BCUT2D eigenvalue weighted by molar-refractivity contribution is -0.123. The van der Waals surface area contributed by atoms with E-state index in [-0.39, 0.29) is 0 Å². The van der Waals surface area contributed by atoms with Crippen LogP contribution in [0, 0.1) is 13.8 Å². The summed E-state index contributed by atoms with van der Waals surface area (Å²) in [5.41, 5.74) is 3.41. The minimum atomic E-state index is -0.933. The zero-order valence-corrected chi connectivity index (χ0v) is 15.1. The number of carbonyl (C=O) groups excluding carboxylic acids is 2. The number of aromatic nitrogens is 2. The molecule has 1 heterocycles.